The molecule has 1 aromatic heterocycles. The molecule has 7 heteroatoms. The molecule has 0 fully saturated rings. The van der Waals surface area contributed by atoms with Gasteiger partial charge in [-0.25, -0.2) is 8.78 Å². The van der Waals surface area contributed by atoms with Crippen molar-refractivity contribution in [3.05, 3.63) is 65.9 Å². The number of methoxy groups -OCH3 is 1. The first-order chi connectivity index (χ1) is 12.0. The number of aromatic nitrogens is 1. The third-order valence-corrected chi connectivity index (χ3v) is 3.46. The zero-order valence-corrected chi connectivity index (χ0v) is 13.3. The molecule has 0 spiro atoms. The molecule has 0 bridgehead atoms. The topological polar surface area (TPSA) is 64.4 Å². The van der Waals surface area contributed by atoms with Crippen LogP contribution in [0.1, 0.15) is 5.69 Å². The number of halogens is 2. The number of nitrogens with one attached hydrogen (secondary N) is 1. The number of hydrogen-bond donors (Lipinski definition) is 1. The summed E-state index contributed by atoms with van der Waals surface area (Å²) in [5.41, 5.74) is 0.892. The van der Waals surface area contributed by atoms with E-state index in [-0.39, 0.29) is 12.1 Å². The monoisotopic (exact) mass is 344 g/mol. The highest BCUT2D eigenvalue weighted by Gasteiger charge is 2.13. The van der Waals surface area contributed by atoms with Crippen LogP contribution in [-0.2, 0) is 11.2 Å². The van der Waals surface area contributed by atoms with Gasteiger partial charge in [0.15, 0.2) is 5.76 Å². The van der Waals surface area contributed by atoms with E-state index in [1.54, 1.807) is 31.4 Å². The van der Waals surface area contributed by atoms with Crippen molar-refractivity contribution in [2.75, 3.05) is 12.4 Å². The number of hydrogen-bond acceptors (Lipinski definition) is 4. The van der Waals surface area contributed by atoms with Gasteiger partial charge >= 0.3 is 0 Å². The second kappa shape index (κ2) is 7.12. The predicted molar refractivity (Wildman–Crippen MR) is 87.2 cm³/mol. The molecule has 0 saturated heterocycles. The molecular formula is C18H14F2N2O3. The minimum atomic E-state index is -0.716. The van der Waals surface area contributed by atoms with E-state index in [0.29, 0.717) is 17.2 Å². The summed E-state index contributed by atoms with van der Waals surface area (Å²) < 4.78 is 37.0. The summed E-state index contributed by atoms with van der Waals surface area (Å²) in [6, 6.07) is 11.6. The van der Waals surface area contributed by atoms with E-state index in [4.69, 9.17) is 9.26 Å². The Morgan fingerprint density at radius 1 is 1.20 bits per heavy atom. The van der Waals surface area contributed by atoms with Crippen molar-refractivity contribution in [1.82, 2.24) is 5.16 Å². The van der Waals surface area contributed by atoms with Gasteiger partial charge in [0.25, 0.3) is 0 Å². The van der Waals surface area contributed by atoms with Crippen LogP contribution < -0.4 is 10.1 Å². The average Bonchev–Trinajstić information content (AvgIpc) is 3.06. The molecule has 2 aromatic carbocycles. The quantitative estimate of drug-likeness (QED) is 0.764. The van der Waals surface area contributed by atoms with Crippen LogP contribution in [0, 0.1) is 11.6 Å². The van der Waals surface area contributed by atoms with Gasteiger partial charge in [-0.1, -0.05) is 17.3 Å². The molecule has 3 aromatic rings. The number of amides is 1. The number of ether oxygens (including phenoxy) is 1. The fourth-order valence-electron chi connectivity index (χ4n) is 2.26. The molecule has 25 heavy (non-hydrogen) atoms. The van der Waals surface area contributed by atoms with Crippen LogP contribution in [0.4, 0.5) is 14.5 Å². The second-order valence-electron chi connectivity index (χ2n) is 5.26. The van der Waals surface area contributed by atoms with Crippen LogP contribution in [-0.4, -0.2) is 18.2 Å². The molecule has 1 N–H and O–H groups in total. The zero-order valence-electron chi connectivity index (χ0n) is 13.3. The number of benzene rings is 2. The normalized spacial score (nSPS) is 10.5. The first kappa shape index (κ1) is 16.6. The summed E-state index contributed by atoms with van der Waals surface area (Å²) in [5.74, 6) is -0.756. The summed E-state index contributed by atoms with van der Waals surface area (Å²) in [6.07, 6.45) is -0.135. The van der Waals surface area contributed by atoms with Gasteiger partial charge in [0.1, 0.15) is 17.4 Å². The van der Waals surface area contributed by atoms with E-state index in [9.17, 15) is 13.6 Å². The van der Waals surface area contributed by atoms with Crippen molar-refractivity contribution in [3.8, 4) is 17.1 Å². The minimum Gasteiger partial charge on any atom is -0.497 e. The Labute approximate surface area is 142 Å². The minimum absolute atomic E-state index is 0.135. The molecule has 128 valence electrons. The SMILES string of the molecule is COc1cccc(-c2cc(CC(=O)Nc3cc(F)ccc3F)no2)c1. The fourth-order valence-corrected chi connectivity index (χ4v) is 2.26. The Kier molecular flexibility index (Phi) is 4.74. The van der Waals surface area contributed by atoms with Crippen molar-refractivity contribution < 1.29 is 22.8 Å². The summed E-state index contributed by atoms with van der Waals surface area (Å²) in [6.45, 7) is 0. The van der Waals surface area contributed by atoms with Crippen molar-refractivity contribution in [1.29, 1.82) is 0 Å². The van der Waals surface area contributed by atoms with E-state index < -0.39 is 17.5 Å². The van der Waals surface area contributed by atoms with Gasteiger partial charge in [-0.05, 0) is 24.3 Å². The molecule has 0 aliphatic heterocycles. The Morgan fingerprint density at radius 3 is 2.84 bits per heavy atom. The van der Waals surface area contributed by atoms with E-state index >= 15 is 0 Å². The van der Waals surface area contributed by atoms with Crippen molar-refractivity contribution >= 4 is 11.6 Å². The van der Waals surface area contributed by atoms with Crippen LogP contribution in [0.3, 0.4) is 0 Å². The Balaban J connectivity index is 1.70. The van der Waals surface area contributed by atoms with Gasteiger partial charge < -0.3 is 14.6 Å². The van der Waals surface area contributed by atoms with E-state index in [1.165, 1.54) is 0 Å². The molecule has 0 aliphatic rings. The number of anilines is 1. The van der Waals surface area contributed by atoms with Crippen LogP contribution in [0.15, 0.2) is 53.1 Å². The predicted octanol–water partition coefficient (Wildman–Crippen LogP) is 3.81. The molecule has 1 heterocycles. The van der Waals surface area contributed by atoms with Gasteiger partial charge in [-0.15, -0.1) is 0 Å². The summed E-state index contributed by atoms with van der Waals surface area (Å²) in [5, 5.41) is 6.14. The molecule has 3 rings (SSSR count). The molecule has 5 nitrogen and oxygen atoms in total. The Hall–Kier alpha value is -3.22. The van der Waals surface area contributed by atoms with Crippen LogP contribution in [0.2, 0.25) is 0 Å². The van der Waals surface area contributed by atoms with Gasteiger partial charge in [-0.2, -0.15) is 0 Å². The fraction of sp³-hybridized carbons (Fsp3) is 0.111. The van der Waals surface area contributed by atoms with Gasteiger partial charge in [0, 0.05) is 17.7 Å². The Bertz CT molecular complexity index is 909. The first-order valence-electron chi connectivity index (χ1n) is 7.40. The van der Waals surface area contributed by atoms with Crippen LogP contribution in [0.5, 0.6) is 5.75 Å². The summed E-state index contributed by atoms with van der Waals surface area (Å²) in [7, 11) is 1.56. The number of rotatable bonds is 5. The average molecular weight is 344 g/mol. The van der Waals surface area contributed by atoms with E-state index in [2.05, 4.69) is 10.5 Å². The van der Waals surface area contributed by atoms with E-state index in [1.807, 2.05) is 6.07 Å². The van der Waals surface area contributed by atoms with Gasteiger partial charge in [0.2, 0.25) is 5.91 Å². The second-order valence-corrected chi connectivity index (χ2v) is 5.26. The van der Waals surface area contributed by atoms with Crippen LogP contribution in [0.25, 0.3) is 11.3 Å². The lowest BCUT2D eigenvalue weighted by Gasteiger charge is -2.05. The largest absolute Gasteiger partial charge is 0.497 e. The highest BCUT2D eigenvalue weighted by atomic mass is 19.1. The van der Waals surface area contributed by atoms with Crippen molar-refractivity contribution in [3.63, 3.8) is 0 Å². The molecular weight excluding hydrogens is 330 g/mol. The van der Waals surface area contributed by atoms with Crippen LogP contribution >= 0.6 is 0 Å². The number of carbonyl (C=O) groups excluding carboxylic acids is 1. The third-order valence-electron chi connectivity index (χ3n) is 3.46. The maximum absolute atomic E-state index is 13.5. The highest BCUT2D eigenvalue weighted by molar-refractivity contribution is 5.92. The maximum Gasteiger partial charge on any atom is 0.230 e. The maximum atomic E-state index is 13.5. The zero-order chi connectivity index (χ0) is 17.8. The smallest absolute Gasteiger partial charge is 0.230 e. The molecule has 0 unspecified atom stereocenters. The highest BCUT2D eigenvalue weighted by Crippen LogP contribution is 2.24. The molecule has 0 radical (unpaired) electrons. The summed E-state index contributed by atoms with van der Waals surface area (Å²) in [4.78, 5) is 12.0. The Morgan fingerprint density at radius 2 is 2.04 bits per heavy atom. The van der Waals surface area contributed by atoms with Gasteiger partial charge in [-0.3, -0.25) is 4.79 Å². The lowest BCUT2D eigenvalue weighted by atomic mass is 10.1. The summed E-state index contributed by atoms with van der Waals surface area (Å²) >= 11 is 0. The lowest BCUT2D eigenvalue weighted by Crippen LogP contribution is -2.15. The lowest BCUT2D eigenvalue weighted by molar-refractivity contribution is -0.115. The third kappa shape index (κ3) is 4.00. The van der Waals surface area contributed by atoms with E-state index in [0.717, 1.165) is 23.8 Å². The molecule has 0 saturated carbocycles. The number of carbonyl (C=O) groups is 1. The first-order valence-corrected chi connectivity index (χ1v) is 7.40. The number of nitrogens with zero attached hydrogens (tertiary/aromatic N) is 1. The van der Waals surface area contributed by atoms with Crippen molar-refractivity contribution in [2.45, 2.75) is 6.42 Å². The van der Waals surface area contributed by atoms with Gasteiger partial charge in [0.05, 0.1) is 24.9 Å². The molecule has 0 aliphatic carbocycles. The molecule has 1 amide bonds. The standard InChI is InChI=1S/C18H14F2N2O3/c1-24-14-4-2-3-11(7-14)17-9-13(22-25-17)10-18(23)21-16-8-12(19)5-6-15(16)20/h2-9H,10H2,1H3,(H,21,23). The molecule has 0 atom stereocenters. The van der Waals surface area contributed by atoms with Crippen molar-refractivity contribution in [2.24, 2.45) is 0 Å².